The molecule has 0 aromatic heterocycles. The van der Waals surface area contributed by atoms with Crippen LogP contribution in [0.3, 0.4) is 0 Å². The molecule has 25 heavy (non-hydrogen) atoms. The van der Waals surface area contributed by atoms with Crippen LogP contribution >= 0.6 is 0 Å². The summed E-state index contributed by atoms with van der Waals surface area (Å²) >= 11 is 0. The van der Waals surface area contributed by atoms with E-state index in [2.05, 4.69) is 43.4 Å². The quantitative estimate of drug-likeness (QED) is 0.639. The van der Waals surface area contributed by atoms with Gasteiger partial charge < -0.3 is 14.9 Å². The number of carbonyl (C=O) groups excluding carboxylic acids is 1. The fraction of sp³-hybridized carbons (Fsp3) is 0.300. The molecule has 1 N–H and O–H groups in total. The maximum absolute atomic E-state index is 11.8. The molecule has 0 bridgehead atoms. The van der Waals surface area contributed by atoms with Gasteiger partial charge in [0.05, 0.1) is 13.3 Å². The third kappa shape index (κ3) is 5.95. The second-order valence-electron chi connectivity index (χ2n) is 6.66. The number of carbonyl (C=O) groups is 1. The Morgan fingerprint density at radius 1 is 1.16 bits per heavy atom. The molecule has 0 aliphatic heterocycles. The van der Waals surface area contributed by atoms with Gasteiger partial charge in [-0.25, -0.2) is 0 Å². The average molecular weight is 340 g/mol. The second-order valence-corrected chi connectivity index (χ2v) is 6.66. The van der Waals surface area contributed by atoms with Crippen LogP contribution in [0.15, 0.2) is 53.7 Å². The van der Waals surface area contributed by atoms with Crippen LogP contribution in [0.4, 0.5) is 5.69 Å². The minimum absolute atomic E-state index is 0.115. The second kappa shape index (κ2) is 8.33. The molecule has 0 heterocycles. The van der Waals surface area contributed by atoms with Crippen molar-refractivity contribution in [3.05, 3.63) is 59.7 Å². The number of nitrogens with one attached hydrogen (secondary N) is 1. The van der Waals surface area contributed by atoms with Gasteiger partial charge in [-0.3, -0.25) is 4.79 Å². The number of benzene rings is 2. The highest BCUT2D eigenvalue weighted by molar-refractivity contribution is 5.91. The van der Waals surface area contributed by atoms with Crippen molar-refractivity contribution in [2.24, 2.45) is 5.16 Å². The van der Waals surface area contributed by atoms with Crippen LogP contribution < -0.4 is 10.1 Å². The smallest absolute Gasteiger partial charge is 0.265 e. The van der Waals surface area contributed by atoms with Crippen LogP contribution in [0.2, 0.25) is 0 Å². The van der Waals surface area contributed by atoms with E-state index < -0.39 is 0 Å². The molecule has 0 atom stereocenters. The molecular weight excluding hydrogens is 316 g/mol. The van der Waals surface area contributed by atoms with Gasteiger partial charge in [-0.2, -0.15) is 0 Å². The fourth-order valence-corrected chi connectivity index (χ4v) is 2.16. The van der Waals surface area contributed by atoms with Gasteiger partial charge in [-0.15, -0.1) is 0 Å². The zero-order chi connectivity index (χ0) is 18.3. The molecule has 0 aliphatic rings. The van der Waals surface area contributed by atoms with E-state index in [1.807, 2.05) is 12.1 Å². The van der Waals surface area contributed by atoms with E-state index in [-0.39, 0.29) is 17.9 Å². The maximum Gasteiger partial charge on any atom is 0.265 e. The van der Waals surface area contributed by atoms with E-state index >= 15 is 0 Å². The third-order valence-corrected chi connectivity index (χ3v) is 3.60. The number of nitrogens with zero attached hydrogens (tertiary/aromatic N) is 1. The predicted molar refractivity (Wildman–Crippen MR) is 100 cm³/mol. The number of oxime groups is 1. The largest absolute Gasteiger partial charge is 0.497 e. The summed E-state index contributed by atoms with van der Waals surface area (Å²) in [5, 5.41) is 6.56. The molecule has 0 aliphatic carbocycles. The molecule has 5 heteroatoms. The molecule has 132 valence electrons. The summed E-state index contributed by atoms with van der Waals surface area (Å²) in [5.41, 5.74) is 2.93. The van der Waals surface area contributed by atoms with E-state index in [4.69, 9.17) is 9.57 Å². The molecule has 0 saturated heterocycles. The van der Waals surface area contributed by atoms with E-state index in [0.717, 1.165) is 5.56 Å². The van der Waals surface area contributed by atoms with Gasteiger partial charge in [0.1, 0.15) is 5.75 Å². The van der Waals surface area contributed by atoms with Crippen molar-refractivity contribution in [2.75, 3.05) is 19.0 Å². The average Bonchev–Trinajstić information content (AvgIpc) is 2.58. The highest BCUT2D eigenvalue weighted by atomic mass is 16.6. The molecule has 2 aromatic carbocycles. The van der Waals surface area contributed by atoms with Crippen LogP contribution in [-0.2, 0) is 15.0 Å². The van der Waals surface area contributed by atoms with Gasteiger partial charge in [0.15, 0.2) is 6.61 Å². The van der Waals surface area contributed by atoms with Crippen molar-refractivity contribution in [3.8, 4) is 5.75 Å². The monoisotopic (exact) mass is 340 g/mol. The van der Waals surface area contributed by atoms with Gasteiger partial charge in [0.25, 0.3) is 5.91 Å². The first-order chi connectivity index (χ1) is 11.9. The van der Waals surface area contributed by atoms with Gasteiger partial charge in [-0.1, -0.05) is 56.3 Å². The fourth-order valence-electron chi connectivity index (χ4n) is 2.16. The summed E-state index contributed by atoms with van der Waals surface area (Å²) in [6, 6.07) is 15.2. The minimum Gasteiger partial charge on any atom is -0.497 e. The van der Waals surface area contributed by atoms with Crippen molar-refractivity contribution in [1.29, 1.82) is 0 Å². The Morgan fingerprint density at radius 3 is 2.52 bits per heavy atom. The number of rotatable bonds is 6. The molecule has 0 saturated carbocycles. The van der Waals surface area contributed by atoms with Gasteiger partial charge in [0.2, 0.25) is 0 Å². The lowest BCUT2D eigenvalue weighted by Gasteiger charge is -2.18. The number of methoxy groups -OCH3 is 1. The minimum atomic E-state index is -0.284. The summed E-state index contributed by atoms with van der Waals surface area (Å²) < 4.78 is 5.11. The predicted octanol–water partition coefficient (Wildman–Crippen LogP) is 3.98. The zero-order valence-corrected chi connectivity index (χ0v) is 15.1. The number of anilines is 1. The number of amides is 1. The first-order valence-electron chi connectivity index (χ1n) is 8.08. The molecule has 0 fully saturated rings. The summed E-state index contributed by atoms with van der Waals surface area (Å²) in [6.45, 7) is 6.34. The highest BCUT2D eigenvalue weighted by Gasteiger charge is 2.12. The SMILES string of the molecule is COc1cccc(NC(=O)CO/N=C/c2ccc(C(C)(C)C)cc2)c1. The summed E-state index contributed by atoms with van der Waals surface area (Å²) in [7, 11) is 1.58. The standard InChI is InChI=1S/C20H24N2O3/c1-20(2,3)16-10-8-15(9-11-16)13-21-25-14-19(23)22-17-6-5-7-18(12-17)24-4/h5-13H,14H2,1-4H3,(H,22,23)/b21-13+. The number of hydrogen-bond donors (Lipinski definition) is 1. The van der Waals surface area contributed by atoms with Crippen molar-refractivity contribution < 1.29 is 14.4 Å². The number of hydrogen-bond acceptors (Lipinski definition) is 4. The van der Waals surface area contributed by atoms with Crippen molar-refractivity contribution in [1.82, 2.24) is 0 Å². The molecule has 0 radical (unpaired) electrons. The third-order valence-electron chi connectivity index (χ3n) is 3.60. The van der Waals surface area contributed by atoms with Crippen molar-refractivity contribution >= 4 is 17.8 Å². The number of ether oxygens (including phenoxy) is 1. The zero-order valence-electron chi connectivity index (χ0n) is 15.1. The summed E-state index contributed by atoms with van der Waals surface area (Å²) in [6.07, 6.45) is 1.59. The van der Waals surface area contributed by atoms with E-state index in [9.17, 15) is 4.79 Å². The molecule has 2 rings (SSSR count). The molecular formula is C20H24N2O3. The molecule has 2 aromatic rings. The molecule has 0 spiro atoms. The summed E-state index contributed by atoms with van der Waals surface area (Å²) in [5.74, 6) is 0.393. The van der Waals surface area contributed by atoms with Crippen LogP contribution in [0.1, 0.15) is 31.9 Å². The Hall–Kier alpha value is -2.82. The van der Waals surface area contributed by atoms with Gasteiger partial charge in [0, 0.05) is 11.8 Å². The normalized spacial score (nSPS) is 11.4. The topological polar surface area (TPSA) is 59.9 Å². The lowest BCUT2D eigenvalue weighted by molar-refractivity contribution is -0.120. The van der Waals surface area contributed by atoms with E-state index in [1.165, 1.54) is 5.56 Å². The van der Waals surface area contributed by atoms with Gasteiger partial charge in [-0.05, 0) is 28.7 Å². The first kappa shape index (κ1) is 18.5. The van der Waals surface area contributed by atoms with Crippen LogP contribution in [0.5, 0.6) is 5.75 Å². The maximum atomic E-state index is 11.8. The van der Waals surface area contributed by atoms with Crippen LogP contribution in [0.25, 0.3) is 0 Å². The van der Waals surface area contributed by atoms with Crippen molar-refractivity contribution in [3.63, 3.8) is 0 Å². The molecule has 0 unspecified atom stereocenters. The lowest BCUT2D eigenvalue weighted by Crippen LogP contribution is -2.16. The van der Waals surface area contributed by atoms with E-state index in [0.29, 0.717) is 11.4 Å². The van der Waals surface area contributed by atoms with Crippen molar-refractivity contribution in [2.45, 2.75) is 26.2 Å². The lowest BCUT2D eigenvalue weighted by atomic mass is 9.87. The highest BCUT2D eigenvalue weighted by Crippen LogP contribution is 2.21. The summed E-state index contributed by atoms with van der Waals surface area (Å²) in [4.78, 5) is 16.9. The van der Waals surface area contributed by atoms with Crippen LogP contribution in [-0.4, -0.2) is 25.8 Å². The van der Waals surface area contributed by atoms with E-state index in [1.54, 1.807) is 37.6 Å². The molecule has 1 amide bonds. The Balaban J connectivity index is 1.81. The first-order valence-corrected chi connectivity index (χ1v) is 8.08. The Bertz CT molecular complexity index is 731. The Morgan fingerprint density at radius 2 is 1.88 bits per heavy atom. The van der Waals surface area contributed by atoms with Gasteiger partial charge >= 0.3 is 0 Å². The Kier molecular flexibility index (Phi) is 6.17. The molecule has 5 nitrogen and oxygen atoms in total. The Labute approximate surface area is 148 Å². The van der Waals surface area contributed by atoms with Crippen LogP contribution in [0, 0.1) is 0 Å².